The quantitative estimate of drug-likeness (QED) is 0.297. The molecular formula is C25H29N5O5S. The standard InChI is InChI=1S/C25H29N5O5S/c1-6-17(33-4)22(18(7-2)34-5)30-19(11-10-15-8-9-15)27-23(31)21(25(30)32)24-29-28-20(35-24)12-16-13-36-14(3)26-16/h6-7,13,15,32H,1,8-12H2,2-5H3/b18-7+,22-17-. The van der Waals surface area contributed by atoms with Crippen LogP contribution in [-0.2, 0) is 22.3 Å². The van der Waals surface area contributed by atoms with Crippen molar-refractivity contribution in [2.45, 2.75) is 46.0 Å². The predicted octanol–water partition coefficient (Wildman–Crippen LogP) is 4.25. The molecule has 190 valence electrons. The van der Waals surface area contributed by atoms with Gasteiger partial charge in [0.1, 0.15) is 23.0 Å². The van der Waals surface area contributed by atoms with E-state index in [-0.39, 0.29) is 17.3 Å². The first kappa shape index (κ1) is 25.4. The van der Waals surface area contributed by atoms with E-state index in [2.05, 4.69) is 26.7 Å². The molecular weight excluding hydrogens is 482 g/mol. The van der Waals surface area contributed by atoms with Crippen LogP contribution in [0.4, 0.5) is 0 Å². The molecule has 0 aliphatic heterocycles. The molecule has 0 saturated heterocycles. The maximum atomic E-state index is 13.1. The molecule has 0 spiro atoms. The highest BCUT2D eigenvalue weighted by Crippen LogP contribution is 2.36. The van der Waals surface area contributed by atoms with Crippen LogP contribution in [0.25, 0.3) is 17.2 Å². The molecule has 0 bridgehead atoms. The zero-order valence-electron chi connectivity index (χ0n) is 20.8. The van der Waals surface area contributed by atoms with E-state index in [1.807, 2.05) is 12.3 Å². The summed E-state index contributed by atoms with van der Waals surface area (Å²) in [5.74, 6) is 1.42. The van der Waals surface area contributed by atoms with Crippen LogP contribution in [0.2, 0.25) is 0 Å². The summed E-state index contributed by atoms with van der Waals surface area (Å²) in [5, 5.41) is 22.4. The number of aryl methyl sites for hydroxylation is 2. The number of ether oxygens (including phenoxy) is 2. The van der Waals surface area contributed by atoms with Crippen LogP contribution in [0, 0.1) is 12.8 Å². The smallest absolute Gasteiger partial charge is 0.289 e. The van der Waals surface area contributed by atoms with Gasteiger partial charge >= 0.3 is 0 Å². The highest BCUT2D eigenvalue weighted by Gasteiger charge is 2.29. The van der Waals surface area contributed by atoms with Crippen molar-refractivity contribution in [3.63, 3.8) is 0 Å². The number of hydrogen-bond donors (Lipinski definition) is 1. The maximum absolute atomic E-state index is 13.1. The summed E-state index contributed by atoms with van der Waals surface area (Å²) in [6.07, 6.45) is 7.14. The Morgan fingerprint density at radius 1 is 1.31 bits per heavy atom. The van der Waals surface area contributed by atoms with Gasteiger partial charge in [0.2, 0.25) is 11.8 Å². The molecule has 3 aromatic rings. The second kappa shape index (κ2) is 10.9. The van der Waals surface area contributed by atoms with E-state index in [9.17, 15) is 9.90 Å². The zero-order valence-corrected chi connectivity index (χ0v) is 21.6. The van der Waals surface area contributed by atoms with E-state index in [0.717, 1.165) is 30.0 Å². The Bertz CT molecular complexity index is 1380. The molecule has 1 N–H and O–H groups in total. The van der Waals surface area contributed by atoms with Gasteiger partial charge in [-0.3, -0.25) is 9.36 Å². The molecule has 1 fully saturated rings. The average molecular weight is 512 g/mol. The Morgan fingerprint density at radius 3 is 2.67 bits per heavy atom. The minimum Gasteiger partial charge on any atom is -0.495 e. The molecule has 10 nitrogen and oxygen atoms in total. The highest BCUT2D eigenvalue weighted by molar-refractivity contribution is 7.09. The van der Waals surface area contributed by atoms with Crippen molar-refractivity contribution in [1.82, 2.24) is 24.7 Å². The number of hydrogen-bond acceptors (Lipinski definition) is 10. The van der Waals surface area contributed by atoms with Gasteiger partial charge in [-0.05, 0) is 38.3 Å². The molecule has 0 aromatic carbocycles. The summed E-state index contributed by atoms with van der Waals surface area (Å²) >= 11 is 1.52. The number of methoxy groups -OCH3 is 2. The van der Waals surface area contributed by atoms with Crippen molar-refractivity contribution in [3.8, 4) is 17.3 Å². The maximum Gasteiger partial charge on any atom is 0.289 e. The molecule has 3 aromatic heterocycles. The molecule has 1 saturated carbocycles. The molecule has 0 amide bonds. The lowest BCUT2D eigenvalue weighted by molar-refractivity contribution is 0.283. The molecule has 3 heterocycles. The van der Waals surface area contributed by atoms with E-state index in [1.165, 1.54) is 36.2 Å². The van der Waals surface area contributed by atoms with Gasteiger partial charge in [0.05, 0.1) is 31.3 Å². The monoisotopic (exact) mass is 511 g/mol. The lowest BCUT2D eigenvalue weighted by Crippen LogP contribution is -2.22. The second-order valence-electron chi connectivity index (χ2n) is 8.36. The van der Waals surface area contributed by atoms with E-state index in [4.69, 9.17) is 13.9 Å². The fourth-order valence-corrected chi connectivity index (χ4v) is 4.54. The van der Waals surface area contributed by atoms with Crippen LogP contribution in [0.1, 0.15) is 48.6 Å². The molecule has 0 unspecified atom stereocenters. The van der Waals surface area contributed by atoms with Gasteiger partial charge in [0.25, 0.3) is 11.4 Å². The van der Waals surface area contributed by atoms with Gasteiger partial charge in [0.15, 0.2) is 5.56 Å². The Hall–Kier alpha value is -3.73. The first-order valence-corrected chi connectivity index (χ1v) is 12.5. The van der Waals surface area contributed by atoms with Crippen LogP contribution in [0.15, 0.2) is 44.8 Å². The molecule has 0 atom stereocenters. The van der Waals surface area contributed by atoms with E-state index in [1.54, 1.807) is 13.0 Å². The summed E-state index contributed by atoms with van der Waals surface area (Å²) in [5.41, 5.74) is 0.265. The normalized spacial score (nSPS) is 14.5. The summed E-state index contributed by atoms with van der Waals surface area (Å²) in [7, 11) is 3.00. The number of aromatic hydroxyl groups is 1. The highest BCUT2D eigenvalue weighted by atomic mass is 32.1. The van der Waals surface area contributed by atoms with E-state index in [0.29, 0.717) is 41.8 Å². The Balaban J connectivity index is 1.87. The van der Waals surface area contributed by atoms with Crippen LogP contribution >= 0.6 is 11.3 Å². The lowest BCUT2D eigenvalue weighted by Gasteiger charge is -2.22. The Kier molecular flexibility index (Phi) is 7.68. The number of thiazole rings is 1. The summed E-state index contributed by atoms with van der Waals surface area (Å²) in [6, 6.07) is 0. The Morgan fingerprint density at radius 2 is 2.08 bits per heavy atom. The van der Waals surface area contributed by atoms with Crippen LogP contribution in [0.5, 0.6) is 5.88 Å². The van der Waals surface area contributed by atoms with Crippen LogP contribution in [0.3, 0.4) is 0 Å². The third kappa shape index (κ3) is 5.25. The van der Waals surface area contributed by atoms with Crippen molar-refractivity contribution < 1.29 is 19.0 Å². The van der Waals surface area contributed by atoms with Crippen molar-refractivity contribution in [3.05, 3.63) is 68.4 Å². The van der Waals surface area contributed by atoms with Crippen LogP contribution in [-0.4, -0.2) is 44.1 Å². The number of nitrogens with zero attached hydrogens (tertiary/aromatic N) is 5. The lowest BCUT2D eigenvalue weighted by atomic mass is 10.1. The molecule has 4 rings (SSSR count). The minimum atomic E-state index is -0.661. The second-order valence-corrected chi connectivity index (χ2v) is 9.43. The minimum absolute atomic E-state index is 0.134. The van der Waals surface area contributed by atoms with Gasteiger partial charge in [-0.2, -0.15) is 4.98 Å². The SMILES string of the molecule is C=C/C(OC)=C(\C(=C/C)OC)n1c(CCC2CC2)nc(=O)c(-c2nnc(Cc3csc(C)n3)o2)c1O. The third-order valence-corrected chi connectivity index (χ3v) is 6.69. The fraction of sp³-hybridized carbons (Fsp3) is 0.400. The Labute approximate surface area is 212 Å². The van der Waals surface area contributed by atoms with Crippen LogP contribution < -0.4 is 5.56 Å². The van der Waals surface area contributed by atoms with E-state index < -0.39 is 11.4 Å². The van der Waals surface area contributed by atoms with Crippen molar-refractivity contribution >= 4 is 17.0 Å². The van der Waals surface area contributed by atoms with Gasteiger partial charge in [0, 0.05) is 11.8 Å². The number of allylic oxidation sites excluding steroid dienone is 3. The van der Waals surface area contributed by atoms with Gasteiger partial charge < -0.3 is 19.0 Å². The third-order valence-electron chi connectivity index (χ3n) is 5.87. The molecule has 11 heteroatoms. The largest absolute Gasteiger partial charge is 0.495 e. The molecule has 0 radical (unpaired) electrons. The molecule has 1 aliphatic carbocycles. The van der Waals surface area contributed by atoms with Gasteiger partial charge in [-0.15, -0.1) is 21.5 Å². The molecule has 1 aliphatic rings. The first-order chi connectivity index (χ1) is 17.4. The predicted molar refractivity (Wildman–Crippen MR) is 135 cm³/mol. The fourth-order valence-electron chi connectivity index (χ4n) is 3.92. The topological polar surface area (TPSA) is 125 Å². The van der Waals surface area contributed by atoms with Crippen molar-refractivity contribution in [2.24, 2.45) is 5.92 Å². The first-order valence-electron chi connectivity index (χ1n) is 11.6. The summed E-state index contributed by atoms with van der Waals surface area (Å²) in [6.45, 7) is 7.53. The van der Waals surface area contributed by atoms with Crippen molar-refractivity contribution in [2.75, 3.05) is 14.2 Å². The van der Waals surface area contributed by atoms with Gasteiger partial charge in [-0.25, -0.2) is 4.98 Å². The average Bonchev–Trinajstić information content (AvgIpc) is 3.44. The summed E-state index contributed by atoms with van der Waals surface area (Å²) in [4.78, 5) is 21.9. The number of rotatable bonds is 11. The van der Waals surface area contributed by atoms with Gasteiger partial charge in [-0.1, -0.05) is 19.4 Å². The zero-order chi connectivity index (χ0) is 25.8. The molecule has 36 heavy (non-hydrogen) atoms. The summed E-state index contributed by atoms with van der Waals surface area (Å²) < 4.78 is 18.3. The van der Waals surface area contributed by atoms with E-state index >= 15 is 0 Å². The number of aromatic nitrogens is 5. The van der Waals surface area contributed by atoms with Crippen molar-refractivity contribution in [1.29, 1.82) is 0 Å².